The molecule has 1 aliphatic carbocycles. The van der Waals surface area contributed by atoms with Gasteiger partial charge in [-0.15, -0.1) is 0 Å². The molecule has 3 unspecified atom stereocenters. The zero-order valence-electron chi connectivity index (χ0n) is 11.1. The van der Waals surface area contributed by atoms with E-state index in [-0.39, 0.29) is 0 Å². The van der Waals surface area contributed by atoms with Crippen LogP contribution in [0.1, 0.15) is 37.2 Å². The Bertz CT molecular complexity index is 499. The highest BCUT2D eigenvalue weighted by molar-refractivity contribution is 5.79. The number of carboxylic acid groups (broad SMARTS) is 1. The SMILES string of the molecule is CC1CC1c1ccc(CN2CCC(N)(C(=O)O)C2)o1. The van der Waals surface area contributed by atoms with E-state index in [1.165, 1.54) is 6.42 Å². The third-order valence-corrected chi connectivity index (χ3v) is 4.34. The second kappa shape index (κ2) is 4.35. The molecule has 3 atom stereocenters. The first-order valence-electron chi connectivity index (χ1n) is 6.81. The third kappa shape index (κ3) is 2.40. The van der Waals surface area contributed by atoms with Crippen LogP contribution in [0.4, 0.5) is 0 Å². The van der Waals surface area contributed by atoms with Gasteiger partial charge < -0.3 is 15.3 Å². The number of nitrogens with zero attached hydrogens (tertiary/aromatic N) is 1. The van der Waals surface area contributed by atoms with Gasteiger partial charge in [-0.2, -0.15) is 0 Å². The Morgan fingerprint density at radius 1 is 1.63 bits per heavy atom. The fourth-order valence-corrected chi connectivity index (χ4v) is 2.84. The molecule has 3 rings (SSSR count). The molecule has 5 heteroatoms. The minimum absolute atomic E-state index is 0.387. The second-order valence-corrected chi connectivity index (χ2v) is 6.05. The van der Waals surface area contributed by atoms with Crippen LogP contribution in [0.2, 0.25) is 0 Å². The predicted octanol–water partition coefficient (Wildman–Crippen LogP) is 1.39. The van der Waals surface area contributed by atoms with Crippen molar-refractivity contribution in [3.05, 3.63) is 23.7 Å². The van der Waals surface area contributed by atoms with E-state index in [9.17, 15) is 4.79 Å². The third-order valence-electron chi connectivity index (χ3n) is 4.34. The van der Waals surface area contributed by atoms with Crippen LogP contribution in [-0.2, 0) is 11.3 Å². The van der Waals surface area contributed by atoms with Gasteiger partial charge in [0.2, 0.25) is 0 Å². The Balaban J connectivity index is 1.60. The average Bonchev–Trinajstić information content (AvgIpc) is 2.77. The van der Waals surface area contributed by atoms with Gasteiger partial charge >= 0.3 is 5.97 Å². The van der Waals surface area contributed by atoms with E-state index in [2.05, 4.69) is 6.92 Å². The first-order valence-corrected chi connectivity index (χ1v) is 6.81. The molecule has 1 aromatic rings. The van der Waals surface area contributed by atoms with Crippen LogP contribution in [-0.4, -0.2) is 34.6 Å². The van der Waals surface area contributed by atoms with Crippen LogP contribution in [0.3, 0.4) is 0 Å². The second-order valence-electron chi connectivity index (χ2n) is 6.05. The fraction of sp³-hybridized carbons (Fsp3) is 0.643. The van der Waals surface area contributed by atoms with Gasteiger partial charge in [-0.25, -0.2) is 0 Å². The maximum Gasteiger partial charge on any atom is 0.325 e. The maximum atomic E-state index is 11.1. The highest BCUT2D eigenvalue weighted by Gasteiger charge is 2.41. The van der Waals surface area contributed by atoms with Crippen LogP contribution in [0.15, 0.2) is 16.5 Å². The molecule has 5 nitrogen and oxygen atoms in total. The van der Waals surface area contributed by atoms with E-state index in [0.29, 0.717) is 32.0 Å². The van der Waals surface area contributed by atoms with Crippen molar-refractivity contribution in [3.8, 4) is 0 Å². The van der Waals surface area contributed by atoms with E-state index in [1.807, 2.05) is 17.0 Å². The van der Waals surface area contributed by atoms with Crippen molar-refractivity contribution >= 4 is 5.97 Å². The lowest BCUT2D eigenvalue weighted by Crippen LogP contribution is -2.49. The van der Waals surface area contributed by atoms with Crippen LogP contribution < -0.4 is 5.73 Å². The van der Waals surface area contributed by atoms with Gasteiger partial charge in [-0.3, -0.25) is 9.69 Å². The van der Waals surface area contributed by atoms with Gasteiger partial charge in [0.15, 0.2) is 0 Å². The molecule has 0 amide bonds. The Hall–Kier alpha value is -1.33. The molecule has 1 aromatic heterocycles. The molecule has 0 aromatic carbocycles. The monoisotopic (exact) mass is 264 g/mol. The van der Waals surface area contributed by atoms with Gasteiger partial charge in [-0.05, 0) is 30.9 Å². The maximum absolute atomic E-state index is 11.1. The summed E-state index contributed by atoms with van der Waals surface area (Å²) >= 11 is 0. The molecule has 0 spiro atoms. The van der Waals surface area contributed by atoms with Gasteiger partial charge in [0, 0.05) is 19.0 Å². The molecule has 2 fully saturated rings. The quantitative estimate of drug-likeness (QED) is 0.859. The fourth-order valence-electron chi connectivity index (χ4n) is 2.84. The molecule has 0 bridgehead atoms. The largest absolute Gasteiger partial charge is 0.480 e. The zero-order valence-corrected chi connectivity index (χ0v) is 11.1. The number of furan rings is 1. The summed E-state index contributed by atoms with van der Waals surface area (Å²) in [6.45, 7) is 3.97. The van der Waals surface area contributed by atoms with Crippen molar-refractivity contribution in [3.63, 3.8) is 0 Å². The summed E-state index contributed by atoms with van der Waals surface area (Å²) in [4.78, 5) is 13.1. The molecule has 1 saturated carbocycles. The van der Waals surface area contributed by atoms with Gasteiger partial charge in [0.05, 0.1) is 6.54 Å². The van der Waals surface area contributed by atoms with Crippen LogP contribution in [0.5, 0.6) is 0 Å². The van der Waals surface area contributed by atoms with Crippen molar-refractivity contribution in [2.75, 3.05) is 13.1 Å². The first-order chi connectivity index (χ1) is 8.98. The molecule has 19 heavy (non-hydrogen) atoms. The summed E-state index contributed by atoms with van der Waals surface area (Å²) in [5, 5.41) is 9.10. The number of nitrogens with two attached hydrogens (primary N) is 1. The van der Waals surface area contributed by atoms with Crippen molar-refractivity contribution in [2.24, 2.45) is 11.7 Å². The van der Waals surface area contributed by atoms with E-state index in [1.54, 1.807) is 0 Å². The predicted molar refractivity (Wildman–Crippen MR) is 69.7 cm³/mol. The van der Waals surface area contributed by atoms with E-state index >= 15 is 0 Å². The summed E-state index contributed by atoms with van der Waals surface area (Å²) in [5.41, 5.74) is 4.76. The number of hydrogen-bond acceptors (Lipinski definition) is 4. The molecule has 0 radical (unpaired) electrons. The number of hydrogen-bond donors (Lipinski definition) is 2. The van der Waals surface area contributed by atoms with E-state index in [4.69, 9.17) is 15.3 Å². The number of aliphatic carboxylic acids is 1. The van der Waals surface area contributed by atoms with Gasteiger partial charge in [0.1, 0.15) is 17.1 Å². The Labute approximate surface area is 112 Å². The Morgan fingerprint density at radius 3 is 2.95 bits per heavy atom. The molecular weight excluding hydrogens is 244 g/mol. The minimum atomic E-state index is -1.10. The van der Waals surface area contributed by atoms with Crippen LogP contribution in [0.25, 0.3) is 0 Å². The van der Waals surface area contributed by atoms with Gasteiger partial charge in [-0.1, -0.05) is 6.92 Å². The lowest BCUT2D eigenvalue weighted by molar-refractivity contribution is -0.142. The summed E-state index contributed by atoms with van der Waals surface area (Å²) in [6, 6.07) is 4.05. The van der Waals surface area contributed by atoms with Crippen molar-refractivity contribution < 1.29 is 14.3 Å². The Morgan fingerprint density at radius 2 is 2.37 bits per heavy atom. The van der Waals surface area contributed by atoms with E-state index in [0.717, 1.165) is 17.4 Å². The molecule has 2 aliphatic rings. The smallest absolute Gasteiger partial charge is 0.325 e. The molecule has 3 N–H and O–H groups in total. The van der Waals surface area contributed by atoms with E-state index < -0.39 is 11.5 Å². The van der Waals surface area contributed by atoms with Gasteiger partial charge in [0.25, 0.3) is 0 Å². The number of carboxylic acids is 1. The van der Waals surface area contributed by atoms with Crippen LogP contribution in [0, 0.1) is 5.92 Å². The highest BCUT2D eigenvalue weighted by Crippen LogP contribution is 2.47. The average molecular weight is 264 g/mol. The lowest BCUT2D eigenvalue weighted by Gasteiger charge is -2.19. The zero-order chi connectivity index (χ0) is 13.6. The molecule has 1 aliphatic heterocycles. The Kier molecular flexibility index (Phi) is 2.91. The summed E-state index contributed by atoms with van der Waals surface area (Å²) in [7, 11) is 0. The van der Waals surface area contributed by atoms with Crippen LogP contribution >= 0.6 is 0 Å². The molecular formula is C14H20N2O3. The highest BCUT2D eigenvalue weighted by atomic mass is 16.4. The summed E-state index contributed by atoms with van der Waals surface area (Å²) in [5.74, 6) is 2.37. The normalized spacial score (nSPS) is 34.6. The van der Waals surface area contributed by atoms with Crippen molar-refractivity contribution in [1.82, 2.24) is 4.90 Å². The number of likely N-dealkylation sites (tertiary alicyclic amines) is 1. The molecule has 104 valence electrons. The van der Waals surface area contributed by atoms with Crippen molar-refractivity contribution in [2.45, 2.75) is 37.8 Å². The molecule has 1 saturated heterocycles. The standard InChI is InChI=1S/C14H20N2O3/c1-9-6-11(9)12-3-2-10(19-12)7-16-5-4-14(15,8-16)13(17)18/h2-3,9,11H,4-8,15H2,1H3,(H,17,18). The number of carbonyl (C=O) groups is 1. The summed E-state index contributed by atoms with van der Waals surface area (Å²) in [6.07, 6.45) is 1.71. The van der Waals surface area contributed by atoms with Crippen molar-refractivity contribution in [1.29, 1.82) is 0 Å². The number of rotatable bonds is 4. The first kappa shape index (κ1) is 12.7. The minimum Gasteiger partial charge on any atom is -0.480 e. The lowest BCUT2D eigenvalue weighted by atomic mass is 10.0. The summed E-state index contributed by atoms with van der Waals surface area (Å²) < 4.78 is 5.84. The molecule has 2 heterocycles. The topological polar surface area (TPSA) is 79.7 Å².